The van der Waals surface area contributed by atoms with Crippen molar-refractivity contribution < 1.29 is 9.21 Å². The Kier molecular flexibility index (Phi) is 4.25. The van der Waals surface area contributed by atoms with E-state index in [1.54, 1.807) is 30.3 Å². The number of nitriles is 1. The van der Waals surface area contributed by atoms with Crippen molar-refractivity contribution in [3.8, 4) is 6.07 Å². The predicted octanol–water partition coefficient (Wildman–Crippen LogP) is 3.76. The predicted molar refractivity (Wildman–Crippen MR) is 92.0 cm³/mol. The van der Waals surface area contributed by atoms with Crippen molar-refractivity contribution in [3.05, 3.63) is 60.6 Å². The molecule has 1 amide bonds. The molecule has 0 radical (unpaired) electrons. The first-order valence-electron chi connectivity index (χ1n) is 7.26. The van der Waals surface area contributed by atoms with E-state index in [1.807, 2.05) is 18.2 Å². The topological polar surface area (TPSA) is 91.0 Å². The highest BCUT2D eigenvalue weighted by atomic mass is 16.3. The third-order valence-electron chi connectivity index (χ3n) is 3.23. The van der Waals surface area contributed by atoms with E-state index in [1.165, 1.54) is 13.1 Å². The molecule has 0 aliphatic carbocycles. The maximum Gasteiger partial charge on any atom is 0.239 e. The van der Waals surface area contributed by atoms with Gasteiger partial charge >= 0.3 is 0 Å². The molecule has 0 aliphatic heterocycles. The minimum atomic E-state index is -0.127. The number of oxazole rings is 1. The molecule has 0 aliphatic rings. The van der Waals surface area contributed by atoms with Gasteiger partial charge in [0.15, 0.2) is 5.58 Å². The standard InChI is InChI=1S/C18H14N4O2/c1-12(23)21-15-8-6-14(7-9-15)20-11-13(10-19)18-22-16-4-2-3-5-17(16)24-18/h2-9,11,20H,1H3,(H,21,23)/b13-11-. The van der Waals surface area contributed by atoms with Crippen LogP contribution in [0.15, 0.2) is 59.1 Å². The van der Waals surface area contributed by atoms with Gasteiger partial charge in [0.25, 0.3) is 0 Å². The number of allylic oxidation sites excluding steroid dienone is 1. The van der Waals surface area contributed by atoms with Gasteiger partial charge in [0, 0.05) is 24.5 Å². The van der Waals surface area contributed by atoms with Gasteiger partial charge in [0.05, 0.1) is 0 Å². The number of nitrogens with one attached hydrogen (secondary N) is 2. The molecule has 118 valence electrons. The van der Waals surface area contributed by atoms with Gasteiger partial charge in [0.1, 0.15) is 17.2 Å². The first-order chi connectivity index (χ1) is 11.7. The highest BCUT2D eigenvalue weighted by Gasteiger charge is 2.10. The van der Waals surface area contributed by atoms with Crippen molar-refractivity contribution in [1.29, 1.82) is 5.26 Å². The number of carbonyl (C=O) groups is 1. The molecule has 0 saturated heterocycles. The highest BCUT2D eigenvalue weighted by molar-refractivity contribution is 5.88. The third-order valence-corrected chi connectivity index (χ3v) is 3.23. The monoisotopic (exact) mass is 318 g/mol. The average Bonchev–Trinajstić information content (AvgIpc) is 3.00. The number of hydrogen-bond donors (Lipinski definition) is 2. The van der Waals surface area contributed by atoms with Gasteiger partial charge in [-0.25, -0.2) is 4.98 Å². The molecule has 3 aromatic rings. The summed E-state index contributed by atoms with van der Waals surface area (Å²) in [5, 5.41) is 15.0. The summed E-state index contributed by atoms with van der Waals surface area (Å²) in [6, 6.07) is 16.5. The first-order valence-corrected chi connectivity index (χ1v) is 7.26. The number of benzene rings is 2. The fraction of sp³-hybridized carbons (Fsp3) is 0.0556. The summed E-state index contributed by atoms with van der Waals surface area (Å²) < 4.78 is 5.58. The number of amides is 1. The maximum absolute atomic E-state index is 11.0. The van der Waals surface area contributed by atoms with Crippen molar-refractivity contribution in [2.24, 2.45) is 0 Å². The summed E-state index contributed by atoms with van der Waals surface area (Å²) in [6.45, 7) is 1.45. The number of hydrogen-bond acceptors (Lipinski definition) is 5. The molecule has 0 fully saturated rings. The number of nitrogens with zero attached hydrogens (tertiary/aromatic N) is 2. The lowest BCUT2D eigenvalue weighted by atomic mass is 10.2. The number of anilines is 2. The quantitative estimate of drug-likeness (QED) is 0.715. The normalized spacial score (nSPS) is 11.1. The summed E-state index contributed by atoms with van der Waals surface area (Å²) in [5.41, 5.74) is 3.10. The van der Waals surface area contributed by atoms with Crippen LogP contribution in [0.2, 0.25) is 0 Å². The summed E-state index contributed by atoms with van der Waals surface area (Å²) in [6.07, 6.45) is 1.54. The Morgan fingerprint density at radius 1 is 1.17 bits per heavy atom. The Bertz CT molecular complexity index is 916. The van der Waals surface area contributed by atoms with Gasteiger partial charge in [-0.05, 0) is 36.4 Å². The van der Waals surface area contributed by atoms with Crippen molar-refractivity contribution in [2.45, 2.75) is 6.92 Å². The summed E-state index contributed by atoms with van der Waals surface area (Å²) in [7, 11) is 0. The molecule has 6 nitrogen and oxygen atoms in total. The fourth-order valence-corrected chi connectivity index (χ4v) is 2.14. The lowest BCUT2D eigenvalue weighted by Crippen LogP contribution is -2.05. The van der Waals surface area contributed by atoms with Gasteiger partial charge < -0.3 is 15.1 Å². The summed E-state index contributed by atoms with van der Waals surface area (Å²) in [4.78, 5) is 15.3. The van der Waals surface area contributed by atoms with Gasteiger partial charge in [0.2, 0.25) is 11.8 Å². The molecule has 6 heteroatoms. The van der Waals surface area contributed by atoms with Crippen LogP contribution in [-0.4, -0.2) is 10.9 Å². The molecule has 24 heavy (non-hydrogen) atoms. The fourth-order valence-electron chi connectivity index (χ4n) is 2.14. The van der Waals surface area contributed by atoms with Crippen LogP contribution < -0.4 is 10.6 Å². The molecule has 1 aromatic heterocycles. The highest BCUT2D eigenvalue weighted by Crippen LogP contribution is 2.21. The molecule has 1 heterocycles. The first kappa shape index (κ1) is 15.3. The number of rotatable bonds is 4. The van der Waals surface area contributed by atoms with Gasteiger partial charge in [-0.1, -0.05) is 12.1 Å². The van der Waals surface area contributed by atoms with Gasteiger partial charge in [-0.2, -0.15) is 5.26 Å². The number of carbonyl (C=O) groups excluding carboxylic acids is 1. The number of fused-ring (bicyclic) bond motifs is 1. The minimum absolute atomic E-state index is 0.127. The van der Waals surface area contributed by atoms with E-state index in [0.717, 1.165) is 5.69 Å². The minimum Gasteiger partial charge on any atom is -0.435 e. The second kappa shape index (κ2) is 6.67. The Hall–Kier alpha value is -3.59. The molecule has 0 spiro atoms. The van der Waals surface area contributed by atoms with Crippen LogP contribution in [0.1, 0.15) is 12.8 Å². The lowest BCUT2D eigenvalue weighted by molar-refractivity contribution is -0.114. The van der Waals surface area contributed by atoms with E-state index < -0.39 is 0 Å². The Balaban J connectivity index is 1.78. The SMILES string of the molecule is CC(=O)Nc1ccc(N/C=C(/C#N)c2nc3ccccc3o2)cc1. The largest absolute Gasteiger partial charge is 0.435 e. The molecule has 0 bridgehead atoms. The van der Waals surface area contributed by atoms with Crippen LogP contribution in [0.5, 0.6) is 0 Å². The van der Waals surface area contributed by atoms with Crippen LogP contribution in [0.4, 0.5) is 11.4 Å². The van der Waals surface area contributed by atoms with E-state index in [-0.39, 0.29) is 17.4 Å². The van der Waals surface area contributed by atoms with Crippen LogP contribution >= 0.6 is 0 Å². The Morgan fingerprint density at radius 2 is 1.88 bits per heavy atom. The van der Waals surface area contributed by atoms with E-state index >= 15 is 0 Å². The maximum atomic E-state index is 11.0. The van der Waals surface area contributed by atoms with E-state index in [0.29, 0.717) is 16.8 Å². The van der Waals surface area contributed by atoms with E-state index in [9.17, 15) is 10.1 Å². The molecule has 0 atom stereocenters. The van der Waals surface area contributed by atoms with Gasteiger partial charge in [-0.15, -0.1) is 0 Å². The lowest BCUT2D eigenvalue weighted by Gasteiger charge is -2.04. The second-order valence-electron chi connectivity index (χ2n) is 5.06. The van der Waals surface area contributed by atoms with Crippen molar-refractivity contribution in [3.63, 3.8) is 0 Å². The Labute approximate surface area is 138 Å². The van der Waals surface area contributed by atoms with Crippen LogP contribution in [0.3, 0.4) is 0 Å². The second-order valence-corrected chi connectivity index (χ2v) is 5.06. The summed E-state index contributed by atoms with van der Waals surface area (Å²) >= 11 is 0. The van der Waals surface area contributed by atoms with Crippen LogP contribution in [0, 0.1) is 11.3 Å². The van der Waals surface area contributed by atoms with Crippen LogP contribution in [0.25, 0.3) is 16.7 Å². The zero-order valence-electron chi connectivity index (χ0n) is 12.9. The molecule has 2 aromatic carbocycles. The molecular formula is C18H14N4O2. The van der Waals surface area contributed by atoms with Crippen molar-refractivity contribution >= 4 is 34.0 Å². The zero-order chi connectivity index (χ0) is 16.9. The number of aromatic nitrogens is 1. The van der Waals surface area contributed by atoms with E-state index in [4.69, 9.17) is 4.42 Å². The molecule has 2 N–H and O–H groups in total. The molecule has 0 unspecified atom stereocenters. The van der Waals surface area contributed by atoms with Crippen LogP contribution in [-0.2, 0) is 4.79 Å². The smallest absolute Gasteiger partial charge is 0.239 e. The Morgan fingerprint density at radius 3 is 2.54 bits per heavy atom. The third kappa shape index (κ3) is 3.42. The summed E-state index contributed by atoms with van der Waals surface area (Å²) in [5.74, 6) is 0.138. The average molecular weight is 318 g/mol. The molecular weight excluding hydrogens is 304 g/mol. The van der Waals surface area contributed by atoms with Crippen molar-refractivity contribution in [1.82, 2.24) is 4.98 Å². The van der Waals surface area contributed by atoms with E-state index in [2.05, 4.69) is 21.7 Å². The van der Waals surface area contributed by atoms with Gasteiger partial charge in [-0.3, -0.25) is 4.79 Å². The molecule has 0 saturated carbocycles. The number of para-hydroxylation sites is 2. The molecule has 3 rings (SSSR count). The zero-order valence-corrected chi connectivity index (χ0v) is 12.9. The van der Waals surface area contributed by atoms with Crippen molar-refractivity contribution in [2.75, 3.05) is 10.6 Å².